The number of benzene rings is 1. The van der Waals surface area contributed by atoms with Gasteiger partial charge in [0.1, 0.15) is 5.15 Å². The van der Waals surface area contributed by atoms with E-state index in [9.17, 15) is 26.3 Å². The summed E-state index contributed by atoms with van der Waals surface area (Å²) in [4.78, 5) is 3.82. The predicted molar refractivity (Wildman–Crippen MR) is 101 cm³/mol. The molecule has 5 nitrogen and oxygen atoms in total. The van der Waals surface area contributed by atoms with Gasteiger partial charge in [-0.1, -0.05) is 11.6 Å². The van der Waals surface area contributed by atoms with Crippen molar-refractivity contribution >= 4 is 28.9 Å². The van der Waals surface area contributed by atoms with Gasteiger partial charge in [0.05, 0.1) is 16.8 Å². The van der Waals surface area contributed by atoms with E-state index in [4.69, 9.17) is 11.6 Å². The van der Waals surface area contributed by atoms with Crippen molar-refractivity contribution in [2.75, 3.05) is 5.32 Å². The fraction of sp³-hybridized carbons (Fsp3) is 0.105. The maximum Gasteiger partial charge on any atom is 0.418 e. The average Bonchev–Trinajstić information content (AvgIpc) is 3.10. The zero-order valence-corrected chi connectivity index (χ0v) is 15.9. The molecule has 4 rings (SSSR count). The molecule has 0 saturated heterocycles. The van der Waals surface area contributed by atoms with Crippen LogP contribution in [-0.4, -0.2) is 19.6 Å². The van der Waals surface area contributed by atoms with Crippen molar-refractivity contribution in [1.29, 1.82) is 0 Å². The Bertz CT molecular complexity index is 1250. The SMILES string of the molecule is FC(F)(F)c1ccc(Nc2nnc3cc(-c4ncccc4C(F)(F)F)cc(Cl)n23)cc1. The predicted octanol–water partition coefficient (Wildman–Crippen LogP) is 6.23. The number of pyridine rings is 2. The molecule has 0 atom stereocenters. The minimum absolute atomic E-state index is 0.0225. The molecule has 0 bridgehead atoms. The first kappa shape index (κ1) is 20.9. The summed E-state index contributed by atoms with van der Waals surface area (Å²) in [6.07, 6.45) is -7.87. The fourth-order valence-electron chi connectivity index (χ4n) is 2.93. The molecule has 4 aromatic rings. The van der Waals surface area contributed by atoms with Crippen molar-refractivity contribution in [2.45, 2.75) is 12.4 Å². The molecular weight excluding hydrogens is 448 g/mol. The smallest absolute Gasteiger partial charge is 0.324 e. The molecule has 0 amide bonds. The number of hydrogen-bond acceptors (Lipinski definition) is 4. The van der Waals surface area contributed by atoms with Crippen LogP contribution in [0.5, 0.6) is 0 Å². The van der Waals surface area contributed by atoms with E-state index in [1.807, 2.05) is 0 Å². The highest BCUT2D eigenvalue weighted by Gasteiger charge is 2.34. The van der Waals surface area contributed by atoms with Gasteiger partial charge >= 0.3 is 12.4 Å². The van der Waals surface area contributed by atoms with Crippen LogP contribution in [0.3, 0.4) is 0 Å². The number of hydrogen-bond donors (Lipinski definition) is 1. The van der Waals surface area contributed by atoms with Gasteiger partial charge in [-0.15, -0.1) is 10.2 Å². The molecule has 0 aliphatic carbocycles. The molecule has 1 aromatic carbocycles. The van der Waals surface area contributed by atoms with Gasteiger partial charge in [-0.3, -0.25) is 9.38 Å². The molecule has 3 aromatic heterocycles. The number of alkyl halides is 6. The van der Waals surface area contributed by atoms with E-state index in [0.717, 1.165) is 18.2 Å². The first-order chi connectivity index (χ1) is 14.5. The summed E-state index contributed by atoms with van der Waals surface area (Å²) in [5, 5.41) is 10.5. The van der Waals surface area contributed by atoms with Crippen LogP contribution < -0.4 is 5.32 Å². The average molecular weight is 458 g/mol. The van der Waals surface area contributed by atoms with Crippen molar-refractivity contribution in [2.24, 2.45) is 0 Å². The Morgan fingerprint density at radius 1 is 0.871 bits per heavy atom. The fourth-order valence-corrected chi connectivity index (χ4v) is 3.21. The lowest BCUT2D eigenvalue weighted by Gasteiger charge is -2.13. The summed E-state index contributed by atoms with van der Waals surface area (Å²) in [7, 11) is 0. The largest absolute Gasteiger partial charge is 0.418 e. The van der Waals surface area contributed by atoms with Crippen molar-refractivity contribution in [1.82, 2.24) is 19.6 Å². The molecule has 0 fully saturated rings. The maximum absolute atomic E-state index is 13.3. The molecule has 0 radical (unpaired) electrons. The molecule has 0 spiro atoms. The molecule has 1 N–H and O–H groups in total. The van der Waals surface area contributed by atoms with Crippen LogP contribution in [0.25, 0.3) is 16.9 Å². The summed E-state index contributed by atoms with van der Waals surface area (Å²) in [6.45, 7) is 0. The third-order valence-corrected chi connectivity index (χ3v) is 4.59. The first-order valence-electron chi connectivity index (χ1n) is 8.55. The number of fused-ring (bicyclic) bond motifs is 1. The highest BCUT2D eigenvalue weighted by atomic mass is 35.5. The van der Waals surface area contributed by atoms with Gasteiger partial charge < -0.3 is 5.32 Å². The van der Waals surface area contributed by atoms with Crippen molar-refractivity contribution < 1.29 is 26.3 Å². The van der Waals surface area contributed by atoms with Crippen LogP contribution in [0.1, 0.15) is 11.1 Å². The lowest BCUT2D eigenvalue weighted by molar-refractivity contribution is -0.138. The Morgan fingerprint density at radius 3 is 2.23 bits per heavy atom. The molecule has 0 unspecified atom stereocenters. The van der Waals surface area contributed by atoms with E-state index in [2.05, 4.69) is 20.5 Å². The van der Waals surface area contributed by atoms with E-state index in [1.165, 1.54) is 40.9 Å². The van der Waals surface area contributed by atoms with E-state index in [1.54, 1.807) is 0 Å². The molecular formula is C19H10ClF6N5. The Hall–Kier alpha value is -3.34. The minimum atomic E-state index is -4.62. The number of nitrogens with zero attached hydrogens (tertiary/aromatic N) is 4. The van der Waals surface area contributed by atoms with E-state index >= 15 is 0 Å². The number of rotatable bonds is 3. The molecule has 0 aliphatic rings. The van der Waals surface area contributed by atoms with Crippen LogP contribution >= 0.6 is 11.6 Å². The van der Waals surface area contributed by atoms with Crippen LogP contribution in [0.2, 0.25) is 5.15 Å². The topological polar surface area (TPSA) is 55.1 Å². The Labute approximate surface area is 175 Å². The van der Waals surface area contributed by atoms with Gasteiger partial charge in [-0.25, -0.2) is 0 Å². The Balaban J connectivity index is 1.71. The Kier molecular flexibility index (Phi) is 5.00. The van der Waals surface area contributed by atoms with Crippen LogP contribution in [0.15, 0.2) is 54.7 Å². The van der Waals surface area contributed by atoms with E-state index in [0.29, 0.717) is 0 Å². The zero-order valence-electron chi connectivity index (χ0n) is 15.1. The lowest BCUT2D eigenvalue weighted by atomic mass is 10.1. The quantitative estimate of drug-likeness (QED) is 0.293. The molecule has 0 saturated carbocycles. The van der Waals surface area contributed by atoms with Crippen LogP contribution in [0.4, 0.5) is 38.0 Å². The molecule has 31 heavy (non-hydrogen) atoms. The van der Waals surface area contributed by atoms with Crippen molar-refractivity contribution in [3.05, 3.63) is 71.0 Å². The monoisotopic (exact) mass is 457 g/mol. The van der Waals surface area contributed by atoms with E-state index in [-0.39, 0.29) is 33.7 Å². The highest BCUT2D eigenvalue weighted by Crippen LogP contribution is 2.37. The summed E-state index contributed by atoms with van der Waals surface area (Å²) in [6, 6.07) is 8.88. The van der Waals surface area contributed by atoms with Crippen LogP contribution in [-0.2, 0) is 12.4 Å². The third kappa shape index (κ3) is 4.13. The van der Waals surface area contributed by atoms with Gasteiger partial charge in [-0.05, 0) is 48.5 Å². The first-order valence-corrected chi connectivity index (χ1v) is 8.93. The minimum Gasteiger partial charge on any atom is -0.324 e. The molecule has 12 heteroatoms. The van der Waals surface area contributed by atoms with Crippen molar-refractivity contribution in [3.8, 4) is 11.3 Å². The summed E-state index contributed by atoms with van der Waals surface area (Å²) in [5.74, 6) is 0.0726. The second-order valence-corrected chi connectivity index (χ2v) is 6.77. The molecule has 0 aliphatic heterocycles. The van der Waals surface area contributed by atoms with Gasteiger partial charge in [0, 0.05) is 17.4 Å². The van der Waals surface area contributed by atoms with Gasteiger partial charge in [0.15, 0.2) is 5.65 Å². The number of halogens is 7. The second-order valence-electron chi connectivity index (χ2n) is 6.38. The third-order valence-electron chi connectivity index (χ3n) is 4.32. The second kappa shape index (κ2) is 7.41. The van der Waals surface area contributed by atoms with Gasteiger partial charge in [0.25, 0.3) is 0 Å². The van der Waals surface area contributed by atoms with Crippen molar-refractivity contribution in [3.63, 3.8) is 0 Å². The lowest BCUT2D eigenvalue weighted by Crippen LogP contribution is -2.08. The highest BCUT2D eigenvalue weighted by molar-refractivity contribution is 6.30. The van der Waals surface area contributed by atoms with Crippen LogP contribution in [0, 0.1) is 0 Å². The summed E-state index contributed by atoms with van der Waals surface area (Å²) < 4.78 is 79.3. The number of anilines is 2. The van der Waals surface area contributed by atoms with Gasteiger partial charge in [-0.2, -0.15) is 26.3 Å². The normalized spacial score (nSPS) is 12.4. The Morgan fingerprint density at radius 2 is 1.58 bits per heavy atom. The molecule has 160 valence electrons. The van der Waals surface area contributed by atoms with E-state index < -0.39 is 23.5 Å². The summed E-state index contributed by atoms with van der Waals surface area (Å²) >= 11 is 6.26. The number of aromatic nitrogens is 4. The standard InChI is InChI=1S/C19H10ClF6N5/c20-14-8-10(16-13(19(24,25)26)2-1-7-27-16)9-15-29-30-17(31(14)15)28-12-5-3-11(4-6-12)18(21,22)23/h1-9H,(H,28,30). The van der Waals surface area contributed by atoms with Gasteiger partial charge in [0.2, 0.25) is 5.95 Å². The summed E-state index contributed by atoms with van der Waals surface area (Å²) in [5.41, 5.74) is -1.58. The molecule has 3 heterocycles. The maximum atomic E-state index is 13.3. The zero-order chi connectivity index (χ0) is 22.4. The number of nitrogens with one attached hydrogen (secondary N) is 1.